The first kappa shape index (κ1) is 19.5. The number of anilines is 1. The van der Waals surface area contributed by atoms with Crippen molar-refractivity contribution in [3.63, 3.8) is 0 Å². The van der Waals surface area contributed by atoms with Crippen LogP contribution in [0, 0.1) is 6.92 Å². The van der Waals surface area contributed by atoms with E-state index in [0.717, 1.165) is 33.5 Å². The molecule has 0 saturated carbocycles. The summed E-state index contributed by atoms with van der Waals surface area (Å²) in [7, 11) is 0. The number of carbonyl (C=O) groups excluding carboxylic acids is 1. The van der Waals surface area contributed by atoms with Crippen LogP contribution in [-0.4, -0.2) is 18.6 Å². The van der Waals surface area contributed by atoms with E-state index in [1.807, 2.05) is 49.4 Å². The van der Waals surface area contributed by atoms with Gasteiger partial charge in [-0.2, -0.15) is 0 Å². The van der Waals surface area contributed by atoms with E-state index in [0.29, 0.717) is 12.6 Å². The third kappa shape index (κ3) is 6.52. The first-order valence-corrected chi connectivity index (χ1v) is 9.28. The number of aryl methyl sites for hydroxylation is 1. The predicted octanol–water partition coefficient (Wildman–Crippen LogP) is 4.66. The second-order valence-electron chi connectivity index (χ2n) is 6.15. The number of nitrogens with one attached hydrogen (secondary N) is 2. The van der Waals surface area contributed by atoms with Crippen LogP contribution in [0.5, 0.6) is 5.75 Å². The first-order valence-electron chi connectivity index (χ1n) is 8.49. The molecule has 0 aliphatic carbocycles. The minimum atomic E-state index is -0.174. The Hall–Kier alpha value is -1.85. The summed E-state index contributed by atoms with van der Waals surface area (Å²) >= 11 is 3.49. The highest BCUT2D eigenvalue weighted by molar-refractivity contribution is 9.10. The molecule has 25 heavy (non-hydrogen) atoms. The highest BCUT2D eigenvalue weighted by atomic mass is 79.9. The summed E-state index contributed by atoms with van der Waals surface area (Å²) in [6.45, 7) is 6.98. The van der Waals surface area contributed by atoms with Crippen molar-refractivity contribution in [2.75, 3.05) is 11.9 Å². The van der Waals surface area contributed by atoms with Crippen molar-refractivity contribution < 1.29 is 9.53 Å². The molecule has 0 aliphatic rings. The Morgan fingerprint density at radius 3 is 2.60 bits per heavy atom. The molecule has 0 radical (unpaired) electrons. The molecule has 4 nitrogen and oxygen atoms in total. The number of benzene rings is 2. The summed E-state index contributed by atoms with van der Waals surface area (Å²) in [5, 5.41) is 6.29. The third-order valence-corrected chi connectivity index (χ3v) is 4.46. The van der Waals surface area contributed by atoms with E-state index in [1.54, 1.807) is 0 Å². The van der Waals surface area contributed by atoms with E-state index in [2.05, 4.69) is 40.4 Å². The van der Waals surface area contributed by atoms with Crippen molar-refractivity contribution >= 4 is 27.5 Å². The van der Waals surface area contributed by atoms with Crippen LogP contribution in [0.15, 0.2) is 46.9 Å². The highest BCUT2D eigenvalue weighted by Gasteiger charge is 2.09. The van der Waals surface area contributed by atoms with Gasteiger partial charge in [0.25, 0.3) is 5.91 Å². The van der Waals surface area contributed by atoms with Gasteiger partial charge in [-0.25, -0.2) is 0 Å². The molecule has 134 valence electrons. The summed E-state index contributed by atoms with van der Waals surface area (Å²) in [4.78, 5) is 12.1. The number of hydrogen-bond acceptors (Lipinski definition) is 3. The zero-order chi connectivity index (χ0) is 18.2. The summed E-state index contributed by atoms with van der Waals surface area (Å²) < 4.78 is 6.73. The Kier molecular flexibility index (Phi) is 7.47. The normalized spacial score (nSPS) is 11.8. The number of carbonyl (C=O) groups is 1. The van der Waals surface area contributed by atoms with Crippen LogP contribution in [-0.2, 0) is 11.3 Å². The van der Waals surface area contributed by atoms with Gasteiger partial charge in [0.2, 0.25) is 0 Å². The van der Waals surface area contributed by atoms with Crippen LogP contribution in [0.4, 0.5) is 5.69 Å². The van der Waals surface area contributed by atoms with Gasteiger partial charge in [-0.1, -0.05) is 40.5 Å². The molecule has 1 atom stereocenters. The van der Waals surface area contributed by atoms with E-state index in [1.165, 1.54) is 0 Å². The third-order valence-electron chi connectivity index (χ3n) is 3.97. The van der Waals surface area contributed by atoms with Gasteiger partial charge in [-0.15, -0.1) is 0 Å². The minimum absolute atomic E-state index is 0.0220. The van der Waals surface area contributed by atoms with Crippen molar-refractivity contribution in [3.05, 3.63) is 58.1 Å². The van der Waals surface area contributed by atoms with E-state index < -0.39 is 0 Å². The lowest BCUT2D eigenvalue weighted by Crippen LogP contribution is -2.25. The SMILES string of the molecule is CCC(C)NCc1cc(Br)ccc1OCC(=O)Nc1ccc(C)cc1. The van der Waals surface area contributed by atoms with Crippen molar-refractivity contribution in [2.24, 2.45) is 0 Å². The number of amides is 1. The molecule has 2 aromatic rings. The quantitative estimate of drug-likeness (QED) is 0.672. The van der Waals surface area contributed by atoms with Gasteiger partial charge < -0.3 is 15.4 Å². The smallest absolute Gasteiger partial charge is 0.262 e. The Bertz CT molecular complexity index is 701. The molecule has 0 fully saturated rings. The zero-order valence-corrected chi connectivity index (χ0v) is 16.5. The van der Waals surface area contributed by atoms with E-state index in [-0.39, 0.29) is 12.5 Å². The molecule has 1 amide bonds. The van der Waals surface area contributed by atoms with Crippen molar-refractivity contribution in [1.29, 1.82) is 0 Å². The van der Waals surface area contributed by atoms with Crippen LogP contribution in [0.3, 0.4) is 0 Å². The van der Waals surface area contributed by atoms with E-state index in [9.17, 15) is 4.79 Å². The summed E-state index contributed by atoms with van der Waals surface area (Å²) in [5.41, 5.74) is 2.95. The monoisotopic (exact) mass is 404 g/mol. The average Bonchev–Trinajstić information content (AvgIpc) is 2.60. The maximum Gasteiger partial charge on any atom is 0.262 e. The number of halogens is 1. The number of ether oxygens (including phenoxy) is 1. The van der Waals surface area contributed by atoms with Crippen LogP contribution in [0.2, 0.25) is 0 Å². The van der Waals surface area contributed by atoms with Gasteiger partial charge >= 0.3 is 0 Å². The fourth-order valence-electron chi connectivity index (χ4n) is 2.23. The van der Waals surface area contributed by atoms with Crippen LogP contribution in [0.25, 0.3) is 0 Å². The topological polar surface area (TPSA) is 50.4 Å². The lowest BCUT2D eigenvalue weighted by Gasteiger charge is -2.15. The molecule has 0 heterocycles. The standard InChI is InChI=1S/C20H25BrN2O2/c1-4-15(3)22-12-16-11-17(21)7-10-19(16)25-13-20(24)23-18-8-5-14(2)6-9-18/h5-11,15,22H,4,12-13H2,1-3H3,(H,23,24). The molecule has 5 heteroatoms. The second-order valence-corrected chi connectivity index (χ2v) is 7.06. The Morgan fingerprint density at radius 2 is 1.92 bits per heavy atom. The van der Waals surface area contributed by atoms with Crippen LogP contribution < -0.4 is 15.4 Å². The first-order chi connectivity index (χ1) is 12.0. The summed E-state index contributed by atoms with van der Waals surface area (Å²) in [6, 6.07) is 13.9. The van der Waals surface area contributed by atoms with Crippen LogP contribution >= 0.6 is 15.9 Å². The lowest BCUT2D eigenvalue weighted by atomic mass is 10.2. The maximum absolute atomic E-state index is 12.1. The van der Waals surface area contributed by atoms with Gasteiger partial charge in [-0.05, 0) is 50.6 Å². The summed E-state index contributed by atoms with van der Waals surface area (Å²) in [5.74, 6) is 0.547. The van der Waals surface area contributed by atoms with Crippen molar-refractivity contribution in [3.8, 4) is 5.75 Å². The Morgan fingerprint density at radius 1 is 1.20 bits per heavy atom. The van der Waals surface area contributed by atoms with Gasteiger partial charge in [0.1, 0.15) is 5.75 Å². The predicted molar refractivity (Wildman–Crippen MR) is 106 cm³/mol. The van der Waals surface area contributed by atoms with Crippen molar-refractivity contribution in [1.82, 2.24) is 5.32 Å². The molecule has 1 unspecified atom stereocenters. The average molecular weight is 405 g/mol. The van der Waals surface area contributed by atoms with Crippen LogP contribution in [0.1, 0.15) is 31.4 Å². The van der Waals surface area contributed by atoms with Crippen molar-refractivity contribution in [2.45, 2.75) is 39.8 Å². The Balaban J connectivity index is 1.94. The molecular weight excluding hydrogens is 380 g/mol. The van der Waals surface area contributed by atoms with E-state index in [4.69, 9.17) is 4.74 Å². The highest BCUT2D eigenvalue weighted by Crippen LogP contribution is 2.23. The van der Waals surface area contributed by atoms with E-state index >= 15 is 0 Å². The van der Waals surface area contributed by atoms with Gasteiger partial charge in [0.15, 0.2) is 6.61 Å². The van der Waals surface area contributed by atoms with Gasteiger partial charge in [0.05, 0.1) is 0 Å². The zero-order valence-electron chi connectivity index (χ0n) is 14.9. The summed E-state index contributed by atoms with van der Waals surface area (Å²) in [6.07, 6.45) is 1.06. The van der Waals surface area contributed by atoms with Gasteiger partial charge in [0, 0.05) is 28.3 Å². The molecule has 0 aromatic heterocycles. The van der Waals surface area contributed by atoms with Gasteiger partial charge in [-0.3, -0.25) is 4.79 Å². The largest absolute Gasteiger partial charge is 0.483 e. The molecule has 0 aliphatic heterocycles. The number of hydrogen-bond donors (Lipinski definition) is 2. The molecule has 0 bridgehead atoms. The molecule has 0 spiro atoms. The molecule has 2 N–H and O–H groups in total. The second kappa shape index (κ2) is 9.59. The molecule has 0 saturated heterocycles. The Labute approximate surface area is 158 Å². The minimum Gasteiger partial charge on any atom is -0.483 e. The molecule has 2 aromatic carbocycles. The molecule has 2 rings (SSSR count). The maximum atomic E-state index is 12.1. The number of rotatable bonds is 8. The fraction of sp³-hybridized carbons (Fsp3) is 0.350. The molecular formula is C20H25BrN2O2. The fourth-order valence-corrected chi connectivity index (χ4v) is 2.64. The lowest BCUT2D eigenvalue weighted by molar-refractivity contribution is -0.118.